The summed E-state index contributed by atoms with van der Waals surface area (Å²) in [5.41, 5.74) is 0.678. The van der Waals surface area contributed by atoms with Crippen LogP contribution in [0, 0.1) is 0 Å². The largest absolute Gasteiger partial charge is 0.354 e. The second-order valence-corrected chi connectivity index (χ2v) is 11.5. The van der Waals surface area contributed by atoms with E-state index in [-0.39, 0.29) is 28.2 Å². The molecule has 0 radical (unpaired) electrons. The van der Waals surface area contributed by atoms with E-state index in [0.717, 1.165) is 23.4 Å². The molecule has 1 unspecified atom stereocenters. The predicted octanol–water partition coefficient (Wildman–Crippen LogP) is 5.40. The number of nitrogens with one attached hydrogen (secondary N) is 1. The normalized spacial score (nSPS) is 12.2. The third-order valence-corrected chi connectivity index (χ3v) is 7.61. The summed E-state index contributed by atoms with van der Waals surface area (Å²) >= 11 is 24.4. The molecule has 35 heavy (non-hydrogen) atoms. The van der Waals surface area contributed by atoms with Gasteiger partial charge in [-0.3, -0.25) is 13.9 Å². The number of carbonyl (C=O) groups is 2. The van der Waals surface area contributed by atoms with Gasteiger partial charge in [-0.1, -0.05) is 65.8 Å². The van der Waals surface area contributed by atoms with E-state index in [2.05, 4.69) is 5.32 Å². The molecule has 0 aliphatic carbocycles. The Morgan fingerprint density at radius 1 is 1.00 bits per heavy atom. The third-order valence-electron chi connectivity index (χ3n) is 5.19. The van der Waals surface area contributed by atoms with Crippen LogP contribution in [0.2, 0.25) is 20.1 Å². The molecule has 2 amide bonds. The highest BCUT2D eigenvalue weighted by molar-refractivity contribution is 7.92. The Hall–Kier alpha value is -1.71. The topological polar surface area (TPSA) is 86.8 Å². The minimum atomic E-state index is -3.93. The summed E-state index contributed by atoms with van der Waals surface area (Å²) in [4.78, 5) is 27.6. The highest BCUT2D eigenvalue weighted by Gasteiger charge is 2.31. The Morgan fingerprint density at radius 2 is 1.66 bits per heavy atom. The first-order valence-corrected chi connectivity index (χ1v) is 14.1. The van der Waals surface area contributed by atoms with Gasteiger partial charge in [0.1, 0.15) is 12.6 Å². The summed E-state index contributed by atoms with van der Waals surface area (Å²) in [5, 5.41) is 3.80. The first-order chi connectivity index (χ1) is 16.3. The van der Waals surface area contributed by atoms with E-state index in [1.165, 1.54) is 23.1 Å². The maximum Gasteiger partial charge on any atom is 0.244 e. The Balaban J connectivity index is 2.42. The molecule has 0 bridgehead atoms. The molecule has 0 fully saturated rings. The molecule has 2 aromatic carbocycles. The van der Waals surface area contributed by atoms with Crippen molar-refractivity contribution in [2.75, 3.05) is 23.7 Å². The average Bonchev–Trinajstić information content (AvgIpc) is 2.78. The smallest absolute Gasteiger partial charge is 0.244 e. The molecule has 0 aliphatic heterocycles. The number of unbranched alkanes of at least 4 members (excludes halogenated alkanes) is 1. The van der Waals surface area contributed by atoms with Gasteiger partial charge in [-0.25, -0.2) is 8.42 Å². The van der Waals surface area contributed by atoms with Crippen LogP contribution < -0.4 is 9.62 Å². The van der Waals surface area contributed by atoms with Crippen LogP contribution in [-0.2, 0) is 26.2 Å². The van der Waals surface area contributed by atoms with Crippen molar-refractivity contribution in [3.63, 3.8) is 0 Å². The fourth-order valence-corrected chi connectivity index (χ4v) is 4.84. The number of anilines is 1. The van der Waals surface area contributed by atoms with Gasteiger partial charge in [0, 0.05) is 18.1 Å². The Kier molecular flexibility index (Phi) is 11.0. The SMILES string of the molecule is CCCCNC(=O)C(C)N(Cc1ccc(Cl)c(Cl)c1)C(=O)CN(c1cc(Cl)ccc1Cl)S(C)(=O)=O. The summed E-state index contributed by atoms with van der Waals surface area (Å²) in [6, 6.07) is 8.27. The molecule has 192 valence electrons. The molecule has 0 aliphatic rings. The van der Waals surface area contributed by atoms with Crippen molar-refractivity contribution in [2.45, 2.75) is 39.3 Å². The molecule has 1 atom stereocenters. The van der Waals surface area contributed by atoms with Gasteiger partial charge in [0.05, 0.1) is 27.0 Å². The van der Waals surface area contributed by atoms with Crippen LogP contribution in [0.1, 0.15) is 32.3 Å². The lowest BCUT2D eigenvalue weighted by molar-refractivity contribution is -0.139. The van der Waals surface area contributed by atoms with Crippen LogP contribution in [0.4, 0.5) is 5.69 Å². The molecule has 2 aromatic rings. The van der Waals surface area contributed by atoms with Gasteiger partial charge in [0.25, 0.3) is 0 Å². The fraction of sp³-hybridized carbons (Fsp3) is 0.391. The zero-order valence-corrected chi connectivity index (χ0v) is 23.4. The van der Waals surface area contributed by atoms with Crippen LogP contribution in [0.15, 0.2) is 36.4 Å². The summed E-state index contributed by atoms with van der Waals surface area (Å²) in [5.74, 6) is -0.978. The van der Waals surface area contributed by atoms with Crippen molar-refractivity contribution >= 4 is 73.9 Å². The molecule has 0 aromatic heterocycles. The van der Waals surface area contributed by atoms with E-state index < -0.39 is 28.5 Å². The summed E-state index contributed by atoms with van der Waals surface area (Å²) in [7, 11) is -3.93. The average molecular weight is 583 g/mol. The maximum absolute atomic E-state index is 13.5. The van der Waals surface area contributed by atoms with E-state index in [1.807, 2.05) is 6.92 Å². The van der Waals surface area contributed by atoms with Gasteiger partial charge < -0.3 is 10.2 Å². The predicted molar refractivity (Wildman–Crippen MR) is 143 cm³/mol. The number of hydrogen-bond acceptors (Lipinski definition) is 4. The third kappa shape index (κ3) is 8.43. The highest BCUT2D eigenvalue weighted by atomic mass is 35.5. The molecule has 0 saturated carbocycles. The quantitative estimate of drug-likeness (QED) is 0.359. The van der Waals surface area contributed by atoms with Crippen LogP contribution in [-0.4, -0.2) is 50.5 Å². The fourth-order valence-electron chi connectivity index (χ4n) is 3.23. The lowest BCUT2D eigenvalue weighted by Gasteiger charge is -2.31. The minimum absolute atomic E-state index is 0.00103. The Bertz CT molecular complexity index is 1180. The van der Waals surface area contributed by atoms with Crippen molar-refractivity contribution in [1.29, 1.82) is 0 Å². The monoisotopic (exact) mass is 581 g/mol. The first kappa shape index (κ1) is 29.5. The molecule has 7 nitrogen and oxygen atoms in total. The summed E-state index contributed by atoms with van der Waals surface area (Å²) in [6.07, 6.45) is 2.64. The van der Waals surface area contributed by atoms with Crippen LogP contribution in [0.3, 0.4) is 0 Å². The zero-order chi connectivity index (χ0) is 26.3. The zero-order valence-electron chi connectivity index (χ0n) is 19.5. The van der Waals surface area contributed by atoms with E-state index in [4.69, 9.17) is 46.4 Å². The number of nitrogens with zero attached hydrogens (tertiary/aromatic N) is 2. The van der Waals surface area contributed by atoms with Gasteiger partial charge in [-0.05, 0) is 49.2 Å². The van der Waals surface area contributed by atoms with E-state index in [1.54, 1.807) is 25.1 Å². The van der Waals surface area contributed by atoms with E-state index in [0.29, 0.717) is 22.2 Å². The van der Waals surface area contributed by atoms with Crippen LogP contribution in [0.5, 0.6) is 0 Å². The second kappa shape index (κ2) is 13.0. The highest BCUT2D eigenvalue weighted by Crippen LogP contribution is 2.31. The lowest BCUT2D eigenvalue weighted by atomic mass is 10.1. The molecule has 0 heterocycles. The second-order valence-electron chi connectivity index (χ2n) is 7.96. The number of carbonyl (C=O) groups excluding carboxylic acids is 2. The van der Waals surface area contributed by atoms with Gasteiger partial charge in [-0.2, -0.15) is 0 Å². The maximum atomic E-state index is 13.5. The van der Waals surface area contributed by atoms with Gasteiger partial charge in [0.2, 0.25) is 21.8 Å². The molecule has 1 N–H and O–H groups in total. The summed E-state index contributed by atoms with van der Waals surface area (Å²) in [6.45, 7) is 3.44. The van der Waals surface area contributed by atoms with Crippen LogP contribution in [0.25, 0.3) is 0 Å². The molecular formula is C23H27Cl4N3O4S. The van der Waals surface area contributed by atoms with Gasteiger partial charge in [0.15, 0.2) is 0 Å². The molecule has 12 heteroatoms. The van der Waals surface area contributed by atoms with Crippen molar-refractivity contribution < 1.29 is 18.0 Å². The van der Waals surface area contributed by atoms with Gasteiger partial charge in [-0.15, -0.1) is 0 Å². The van der Waals surface area contributed by atoms with E-state index in [9.17, 15) is 18.0 Å². The standard InChI is InChI=1S/C23H27Cl4N3O4S/c1-4-5-10-28-23(32)15(2)29(13-16-6-8-18(25)20(27)11-16)22(31)14-30(35(3,33)34)21-12-17(24)7-9-19(21)26/h6-9,11-12,15H,4-5,10,13-14H2,1-3H3,(H,28,32). The number of halogens is 4. The van der Waals surface area contributed by atoms with Crippen molar-refractivity contribution in [1.82, 2.24) is 10.2 Å². The number of sulfonamides is 1. The van der Waals surface area contributed by atoms with Crippen LogP contribution >= 0.6 is 46.4 Å². The lowest BCUT2D eigenvalue weighted by Crippen LogP contribution is -2.51. The summed E-state index contributed by atoms with van der Waals surface area (Å²) < 4.78 is 26.1. The number of hydrogen-bond donors (Lipinski definition) is 1. The van der Waals surface area contributed by atoms with Gasteiger partial charge >= 0.3 is 0 Å². The minimum Gasteiger partial charge on any atom is -0.354 e. The molecular weight excluding hydrogens is 556 g/mol. The first-order valence-electron chi connectivity index (χ1n) is 10.8. The van der Waals surface area contributed by atoms with Crippen molar-refractivity contribution in [3.05, 3.63) is 62.1 Å². The van der Waals surface area contributed by atoms with E-state index >= 15 is 0 Å². The Labute approximate surface area is 226 Å². The molecule has 0 saturated heterocycles. The van der Waals surface area contributed by atoms with Crippen molar-refractivity contribution in [2.24, 2.45) is 0 Å². The van der Waals surface area contributed by atoms with Crippen molar-refractivity contribution in [3.8, 4) is 0 Å². The number of benzene rings is 2. The Morgan fingerprint density at radius 3 is 2.26 bits per heavy atom. The molecule has 2 rings (SSSR count). The number of rotatable bonds is 11. The number of amides is 2. The molecule has 0 spiro atoms.